The van der Waals surface area contributed by atoms with Crippen molar-refractivity contribution in [2.24, 2.45) is 0 Å². The molecule has 0 bridgehead atoms. The minimum absolute atomic E-state index is 0.637. The molecule has 1 atom stereocenters. The number of nitrogens with zero attached hydrogens (tertiary/aromatic N) is 4. The Hall–Kier alpha value is -1.28. The van der Waals surface area contributed by atoms with Gasteiger partial charge >= 0.3 is 0 Å². The number of aromatic nitrogens is 2. The predicted octanol–water partition coefficient (Wildman–Crippen LogP) is 3.08. The zero-order chi connectivity index (χ0) is 14.5. The number of hydrogen-bond acceptors (Lipinski definition) is 5. The van der Waals surface area contributed by atoms with Crippen molar-refractivity contribution in [1.29, 1.82) is 5.26 Å². The van der Waals surface area contributed by atoms with Gasteiger partial charge in [0.15, 0.2) is 5.82 Å². The Bertz CT molecular complexity index is 509. The normalized spacial score (nSPS) is 19.5. The Morgan fingerprint density at radius 3 is 2.85 bits per heavy atom. The molecule has 0 radical (unpaired) electrons. The van der Waals surface area contributed by atoms with Gasteiger partial charge in [0.2, 0.25) is 0 Å². The lowest BCUT2D eigenvalue weighted by Crippen LogP contribution is -2.31. The van der Waals surface area contributed by atoms with Crippen LogP contribution >= 0.6 is 11.8 Å². The molecule has 108 valence electrons. The third-order valence-corrected chi connectivity index (χ3v) is 5.07. The van der Waals surface area contributed by atoms with Gasteiger partial charge in [0, 0.05) is 18.3 Å². The molecule has 0 spiro atoms. The highest BCUT2D eigenvalue weighted by atomic mass is 32.2. The Kier molecular flexibility index (Phi) is 5.24. The minimum Gasteiger partial charge on any atom is -0.353 e. The van der Waals surface area contributed by atoms with E-state index in [2.05, 4.69) is 28.1 Å². The van der Waals surface area contributed by atoms with Crippen molar-refractivity contribution >= 4 is 17.6 Å². The van der Waals surface area contributed by atoms with Gasteiger partial charge < -0.3 is 4.90 Å². The van der Waals surface area contributed by atoms with Crippen LogP contribution in [0.4, 0.5) is 5.82 Å². The van der Waals surface area contributed by atoms with E-state index >= 15 is 0 Å². The molecule has 5 heteroatoms. The first kappa shape index (κ1) is 15.1. The van der Waals surface area contributed by atoms with Gasteiger partial charge in [0.1, 0.15) is 11.6 Å². The molecule has 1 fully saturated rings. The predicted molar refractivity (Wildman–Crippen MR) is 84.2 cm³/mol. The fraction of sp³-hybridized carbons (Fsp3) is 0.667. The molecule has 1 aliphatic heterocycles. The molecule has 4 nitrogen and oxygen atoms in total. The Labute approximate surface area is 125 Å². The zero-order valence-electron chi connectivity index (χ0n) is 12.5. The molecule has 0 aliphatic carbocycles. The molecular formula is C15H22N4S. The molecule has 1 aromatic rings. The van der Waals surface area contributed by atoms with Crippen LogP contribution in [0.25, 0.3) is 0 Å². The van der Waals surface area contributed by atoms with E-state index in [9.17, 15) is 5.26 Å². The molecule has 2 rings (SSSR count). The Morgan fingerprint density at radius 1 is 1.35 bits per heavy atom. The Balaban J connectivity index is 2.30. The minimum atomic E-state index is 0.637. The van der Waals surface area contributed by atoms with E-state index in [4.69, 9.17) is 0 Å². The lowest BCUT2D eigenvalue weighted by molar-refractivity contribution is 0.735. The molecular weight excluding hydrogens is 268 g/mol. The second-order valence-electron chi connectivity index (χ2n) is 5.24. The lowest BCUT2D eigenvalue weighted by atomic mass is 10.1. The van der Waals surface area contributed by atoms with Crippen molar-refractivity contribution < 1.29 is 0 Å². The highest BCUT2D eigenvalue weighted by Crippen LogP contribution is 2.27. The van der Waals surface area contributed by atoms with Gasteiger partial charge in [0.25, 0.3) is 0 Å². The SMILES string of the molecule is CCS[C@@H]1CCCCN(c2nnc(C)c(C)c2C#N)C1. The van der Waals surface area contributed by atoms with Crippen molar-refractivity contribution in [2.75, 3.05) is 23.7 Å². The van der Waals surface area contributed by atoms with Crippen LogP contribution in [-0.2, 0) is 0 Å². The lowest BCUT2D eigenvalue weighted by Gasteiger charge is -2.26. The molecule has 0 N–H and O–H groups in total. The van der Waals surface area contributed by atoms with Crippen molar-refractivity contribution in [3.63, 3.8) is 0 Å². The first-order valence-corrected chi connectivity index (χ1v) is 8.32. The molecule has 2 heterocycles. The van der Waals surface area contributed by atoms with Gasteiger partial charge in [-0.25, -0.2) is 0 Å². The number of thioether (sulfide) groups is 1. The zero-order valence-corrected chi connectivity index (χ0v) is 13.3. The second kappa shape index (κ2) is 6.94. The molecule has 0 saturated carbocycles. The van der Waals surface area contributed by atoms with Crippen molar-refractivity contribution in [3.8, 4) is 6.07 Å². The van der Waals surface area contributed by atoms with Crippen LogP contribution in [0.5, 0.6) is 0 Å². The molecule has 1 saturated heterocycles. The maximum atomic E-state index is 9.44. The summed E-state index contributed by atoms with van der Waals surface area (Å²) in [6, 6.07) is 2.32. The van der Waals surface area contributed by atoms with E-state index in [0.717, 1.165) is 35.9 Å². The fourth-order valence-corrected chi connectivity index (χ4v) is 3.71. The van der Waals surface area contributed by atoms with E-state index in [0.29, 0.717) is 10.8 Å². The standard InChI is InChI=1S/C15H22N4S/c1-4-20-13-7-5-6-8-19(10-13)15-14(9-16)11(2)12(3)17-18-15/h13H,4-8,10H2,1-3H3/t13-/m1/s1. The van der Waals surface area contributed by atoms with Gasteiger partial charge in [-0.3, -0.25) is 0 Å². The van der Waals surface area contributed by atoms with E-state index in [1.807, 2.05) is 25.6 Å². The number of nitriles is 1. The van der Waals surface area contributed by atoms with Crippen LogP contribution in [0, 0.1) is 25.2 Å². The third-order valence-electron chi connectivity index (χ3n) is 3.88. The van der Waals surface area contributed by atoms with Gasteiger partial charge in [-0.1, -0.05) is 13.3 Å². The van der Waals surface area contributed by atoms with Crippen molar-refractivity contribution in [3.05, 3.63) is 16.8 Å². The van der Waals surface area contributed by atoms with Gasteiger partial charge in [0.05, 0.1) is 5.69 Å². The third kappa shape index (κ3) is 3.24. The van der Waals surface area contributed by atoms with Crippen molar-refractivity contribution in [1.82, 2.24) is 10.2 Å². The summed E-state index contributed by atoms with van der Waals surface area (Å²) in [7, 11) is 0. The highest BCUT2D eigenvalue weighted by molar-refractivity contribution is 7.99. The second-order valence-corrected chi connectivity index (χ2v) is 6.82. The summed E-state index contributed by atoms with van der Waals surface area (Å²) in [5.74, 6) is 1.92. The van der Waals surface area contributed by atoms with Crippen LogP contribution in [0.1, 0.15) is 43.0 Å². The van der Waals surface area contributed by atoms with Crippen molar-refractivity contribution in [2.45, 2.75) is 45.3 Å². The molecule has 1 aromatic heterocycles. The molecule has 0 unspecified atom stereocenters. The molecule has 0 aromatic carbocycles. The summed E-state index contributed by atoms with van der Waals surface area (Å²) < 4.78 is 0. The summed E-state index contributed by atoms with van der Waals surface area (Å²) in [6.07, 6.45) is 3.68. The smallest absolute Gasteiger partial charge is 0.169 e. The number of rotatable bonds is 3. The average molecular weight is 290 g/mol. The topological polar surface area (TPSA) is 52.8 Å². The summed E-state index contributed by atoms with van der Waals surface area (Å²) in [6.45, 7) is 8.03. The molecule has 1 aliphatic rings. The van der Waals surface area contributed by atoms with Crippen LogP contribution in [-0.4, -0.2) is 34.3 Å². The van der Waals surface area contributed by atoms with E-state index < -0.39 is 0 Å². The monoisotopic (exact) mass is 290 g/mol. The number of hydrogen-bond donors (Lipinski definition) is 0. The van der Waals surface area contributed by atoms with E-state index in [-0.39, 0.29) is 0 Å². The summed E-state index contributed by atoms with van der Waals surface area (Å²) >= 11 is 2.01. The number of aryl methyl sites for hydroxylation is 1. The highest BCUT2D eigenvalue weighted by Gasteiger charge is 2.23. The van der Waals surface area contributed by atoms with Crippen LogP contribution in [0.2, 0.25) is 0 Å². The maximum Gasteiger partial charge on any atom is 0.169 e. The summed E-state index contributed by atoms with van der Waals surface area (Å²) in [5, 5.41) is 18.6. The first-order valence-electron chi connectivity index (χ1n) is 7.27. The van der Waals surface area contributed by atoms with Crippen LogP contribution in [0.3, 0.4) is 0 Å². The van der Waals surface area contributed by atoms with Gasteiger partial charge in [-0.2, -0.15) is 22.1 Å². The number of anilines is 1. The van der Waals surface area contributed by atoms with Crippen LogP contribution in [0.15, 0.2) is 0 Å². The first-order chi connectivity index (χ1) is 9.67. The average Bonchev–Trinajstić information content (AvgIpc) is 2.67. The van der Waals surface area contributed by atoms with E-state index in [1.165, 1.54) is 19.3 Å². The quantitative estimate of drug-likeness (QED) is 0.856. The van der Waals surface area contributed by atoms with E-state index in [1.54, 1.807) is 0 Å². The summed E-state index contributed by atoms with van der Waals surface area (Å²) in [5.41, 5.74) is 2.50. The van der Waals surface area contributed by atoms with Gasteiger partial charge in [-0.05, 0) is 38.0 Å². The summed E-state index contributed by atoms with van der Waals surface area (Å²) in [4.78, 5) is 2.26. The Morgan fingerprint density at radius 2 is 2.15 bits per heavy atom. The van der Waals surface area contributed by atoms with Gasteiger partial charge in [-0.15, -0.1) is 5.10 Å². The molecule has 20 heavy (non-hydrogen) atoms. The maximum absolute atomic E-state index is 9.44. The molecule has 0 amide bonds. The fourth-order valence-electron chi connectivity index (χ4n) is 2.62. The largest absolute Gasteiger partial charge is 0.353 e. The van der Waals surface area contributed by atoms with Crippen LogP contribution < -0.4 is 4.90 Å².